The number of carbonyl (C=O) groups excluding carboxylic acids is 3. The highest BCUT2D eigenvalue weighted by molar-refractivity contribution is 5.89. The number of rotatable bonds is 11. The van der Waals surface area contributed by atoms with E-state index >= 15 is 0 Å². The van der Waals surface area contributed by atoms with E-state index in [4.69, 9.17) is 14.2 Å². The predicted molar refractivity (Wildman–Crippen MR) is 94.0 cm³/mol. The summed E-state index contributed by atoms with van der Waals surface area (Å²) in [5.41, 5.74) is 0.373. The number of benzene rings is 1. The number of unbranched alkanes of at least 4 members (excludes halogenated alkanes) is 3. The summed E-state index contributed by atoms with van der Waals surface area (Å²) in [7, 11) is 0. The molecular weight excluding hydrogens is 340 g/mol. The number of ether oxygens (including phenoxy) is 4. The van der Waals surface area contributed by atoms with E-state index in [2.05, 4.69) is 11.3 Å². The van der Waals surface area contributed by atoms with Crippen molar-refractivity contribution in [2.75, 3.05) is 19.8 Å². The molecule has 26 heavy (non-hydrogen) atoms. The van der Waals surface area contributed by atoms with Crippen molar-refractivity contribution >= 4 is 18.1 Å². The first-order chi connectivity index (χ1) is 12.6. The lowest BCUT2D eigenvalue weighted by molar-refractivity contribution is -0.137. The van der Waals surface area contributed by atoms with Crippen molar-refractivity contribution in [2.24, 2.45) is 0 Å². The van der Waals surface area contributed by atoms with E-state index in [9.17, 15) is 14.4 Å². The second-order valence-corrected chi connectivity index (χ2v) is 5.23. The van der Waals surface area contributed by atoms with E-state index in [0.717, 1.165) is 31.8 Å². The zero-order valence-corrected chi connectivity index (χ0v) is 14.9. The quantitative estimate of drug-likeness (QED) is 0.195. The van der Waals surface area contributed by atoms with E-state index in [1.165, 1.54) is 24.3 Å². The van der Waals surface area contributed by atoms with Gasteiger partial charge in [0, 0.05) is 6.08 Å². The standard InChI is InChI=1S/C19H24O7/c1-3-17(20)24-13-7-5-6-8-14-25-18(21)15-9-11-16(12-10-15)26-19(22)23-4-2/h3,9-12H,1,4-8,13-14H2,2H3. The maximum absolute atomic E-state index is 11.9. The molecule has 0 spiro atoms. The first-order valence-corrected chi connectivity index (χ1v) is 8.47. The van der Waals surface area contributed by atoms with Gasteiger partial charge < -0.3 is 18.9 Å². The van der Waals surface area contributed by atoms with E-state index in [0.29, 0.717) is 18.8 Å². The van der Waals surface area contributed by atoms with Crippen LogP contribution in [0, 0.1) is 0 Å². The van der Waals surface area contributed by atoms with Crippen molar-refractivity contribution in [3.05, 3.63) is 42.5 Å². The molecule has 0 aliphatic rings. The van der Waals surface area contributed by atoms with Crippen molar-refractivity contribution in [1.82, 2.24) is 0 Å². The molecule has 1 aromatic rings. The van der Waals surface area contributed by atoms with Crippen LogP contribution in [-0.2, 0) is 19.0 Å². The molecule has 0 radical (unpaired) electrons. The summed E-state index contributed by atoms with van der Waals surface area (Å²) in [6.07, 6.45) is 3.57. The van der Waals surface area contributed by atoms with Crippen molar-refractivity contribution in [3.63, 3.8) is 0 Å². The van der Waals surface area contributed by atoms with Crippen LogP contribution in [0.4, 0.5) is 4.79 Å². The van der Waals surface area contributed by atoms with Crippen molar-refractivity contribution in [2.45, 2.75) is 32.6 Å². The average Bonchev–Trinajstić information content (AvgIpc) is 2.64. The van der Waals surface area contributed by atoms with Crippen LogP contribution in [0.25, 0.3) is 0 Å². The largest absolute Gasteiger partial charge is 0.513 e. The van der Waals surface area contributed by atoms with Gasteiger partial charge >= 0.3 is 18.1 Å². The molecule has 0 unspecified atom stereocenters. The highest BCUT2D eigenvalue weighted by Crippen LogP contribution is 2.14. The maximum Gasteiger partial charge on any atom is 0.513 e. The van der Waals surface area contributed by atoms with Gasteiger partial charge in [-0.1, -0.05) is 6.58 Å². The van der Waals surface area contributed by atoms with Crippen molar-refractivity contribution in [3.8, 4) is 5.75 Å². The predicted octanol–water partition coefficient (Wildman–Crippen LogP) is 3.67. The molecule has 0 aliphatic heterocycles. The SMILES string of the molecule is C=CC(=O)OCCCCCCOC(=O)c1ccc(OC(=O)OCC)cc1. The topological polar surface area (TPSA) is 88.1 Å². The fourth-order valence-electron chi connectivity index (χ4n) is 1.94. The van der Waals surface area contributed by atoms with Gasteiger partial charge in [0.2, 0.25) is 0 Å². The Morgan fingerprint density at radius 1 is 0.923 bits per heavy atom. The Balaban J connectivity index is 2.18. The van der Waals surface area contributed by atoms with E-state index in [1.807, 2.05) is 0 Å². The smallest absolute Gasteiger partial charge is 0.463 e. The zero-order valence-electron chi connectivity index (χ0n) is 14.9. The second-order valence-electron chi connectivity index (χ2n) is 5.23. The lowest BCUT2D eigenvalue weighted by Gasteiger charge is -2.07. The summed E-state index contributed by atoms with van der Waals surface area (Å²) in [5.74, 6) is -0.567. The molecule has 0 bridgehead atoms. The monoisotopic (exact) mass is 364 g/mol. The summed E-state index contributed by atoms with van der Waals surface area (Å²) in [4.78, 5) is 33.9. The summed E-state index contributed by atoms with van der Waals surface area (Å²) < 4.78 is 19.6. The van der Waals surface area contributed by atoms with Gasteiger partial charge in [-0.25, -0.2) is 14.4 Å². The Kier molecular flexibility index (Phi) is 10.2. The third kappa shape index (κ3) is 8.86. The van der Waals surface area contributed by atoms with Crippen LogP contribution in [0.2, 0.25) is 0 Å². The molecule has 142 valence electrons. The fourth-order valence-corrected chi connectivity index (χ4v) is 1.94. The van der Waals surface area contributed by atoms with Gasteiger partial charge in [0.25, 0.3) is 0 Å². The van der Waals surface area contributed by atoms with E-state index < -0.39 is 18.1 Å². The molecule has 0 saturated heterocycles. The lowest BCUT2D eigenvalue weighted by Crippen LogP contribution is -2.10. The molecule has 0 fully saturated rings. The van der Waals surface area contributed by atoms with Crippen LogP contribution < -0.4 is 4.74 Å². The van der Waals surface area contributed by atoms with Crippen molar-refractivity contribution < 1.29 is 33.3 Å². The van der Waals surface area contributed by atoms with Gasteiger partial charge in [-0.05, 0) is 56.9 Å². The number of hydrogen-bond donors (Lipinski definition) is 0. The minimum atomic E-state index is -0.790. The molecule has 0 aromatic heterocycles. The summed E-state index contributed by atoms with van der Waals surface area (Å²) in [5, 5.41) is 0. The number of esters is 2. The van der Waals surface area contributed by atoms with E-state index in [1.54, 1.807) is 6.92 Å². The van der Waals surface area contributed by atoms with Crippen LogP contribution in [0.1, 0.15) is 43.0 Å². The average molecular weight is 364 g/mol. The number of carbonyl (C=O) groups is 3. The first-order valence-electron chi connectivity index (χ1n) is 8.47. The minimum Gasteiger partial charge on any atom is -0.463 e. The zero-order chi connectivity index (χ0) is 19.2. The molecule has 0 heterocycles. The molecule has 1 rings (SSSR count). The van der Waals surface area contributed by atoms with Gasteiger partial charge in [0.05, 0.1) is 25.4 Å². The third-order valence-electron chi connectivity index (χ3n) is 3.24. The Labute approximate surface area is 152 Å². The molecule has 7 heteroatoms. The first kappa shape index (κ1) is 21.2. The normalized spacial score (nSPS) is 9.88. The Morgan fingerprint density at radius 3 is 2.12 bits per heavy atom. The molecule has 0 N–H and O–H groups in total. The van der Waals surface area contributed by atoms with Gasteiger partial charge in [-0.3, -0.25) is 0 Å². The molecule has 0 aliphatic carbocycles. The number of hydrogen-bond acceptors (Lipinski definition) is 7. The van der Waals surface area contributed by atoms with Gasteiger partial charge in [-0.15, -0.1) is 0 Å². The van der Waals surface area contributed by atoms with Gasteiger partial charge in [-0.2, -0.15) is 0 Å². The van der Waals surface area contributed by atoms with Crippen LogP contribution in [0.15, 0.2) is 36.9 Å². The molecule has 0 saturated carbocycles. The lowest BCUT2D eigenvalue weighted by atomic mass is 10.2. The molecule has 1 aromatic carbocycles. The fraction of sp³-hybridized carbons (Fsp3) is 0.421. The summed E-state index contributed by atoms with van der Waals surface area (Å²) >= 11 is 0. The van der Waals surface area contributed by atoms with Gasteiger partial charge in [0.15, 0.2) is 0 Å². The van der Waals surface area contributed by atoms with Gasteiger partial charge in [0.1, 0.15) is 5.75 Å². The van der Waals surface area contributed by atoms with Crippen LogP contribution >= 0.6 is 0 Å². The van der Waals surface area contributed by atoms with Crippen LogP contribution in [0.3, 0.4) is 0 Å². The van der Waals surface area contributed by atoms with Crippen molar-refractivity contribution in [1.29, 1.82) is 0 Å². The van der Waals surface area contributed by atoms with E-state index in [-0.39, 0.29) is 12.4 Å². The third-order valence-corrected chi connectivity index (χ3v) is 3.24. The molecular formula is C19H24O7. The second kappa shape index (κ2) is 12.5. The summed E-state index contributed by atoms with van der Waals surface area (Å²) in [6, 6.07) is 6.03. The maximum atomic E-state index is 11.9. The Bertz CT molecular complexity index is 592. The van der Waals surface area contributed by atoms with Crippen LogP contribution in [-0.4, -0.2) is 37.9 Å². The Hall–Kier alpha value is -2.83. The van der Waals surface area contributed by atoms with Crippen LogP contribution in [0.5, 0.6) is 5.75 Å². The molecule has 7 nitrogen and oxygen atoms in total. The highest BCUT2D eigenvalue weighted by Gasteiger charge is 2.09. The Morgan fingerprint density at radius 2 is 1.54 bits per heavy atom. The molecule has 0 atom stereocenters. The minimum absolute atomic E-state index is 0.225. The molecule has 0 amide bonds. The summed E-state index contributed by atoms with van der Waals surface area (Å²) in [6.45, 7) is 5.90. The highest BCUT2D eigenvalue weighted by atomic mass is 16.7.